The molecule has 1 heterocycles. The van der Waals surface area contributed by atoms with E-state index in [4.69, 9.17) is 5.84 Å². The molecule has 1 aliphatic rings. The Morgan fingerprint density at radius 2 is 2.31 bits per heavy atom. The summed E-state index contributed by atoms with van der Waals surface area (Å²) in [5.41, 5.74) is 3.22. The molecule has 0 aromatic carbocycles. The Bertz CT molecular complexity index is 416. The van der Waals surface area contributed by atoms with Crippen molar-refractivity contribution in [2.24, 2.45) is 11.3 Å². The summed E-state index contributed by atoms with van der Waals surface area (Å²) < 4.78 is 0. The first kappa shape index (κ1) is 10.9. The van der Waals surface area contributed by atoms with Gasteiger partial charge in [-0.15, -0.1) is 0 Å². The van der Waals surface area contributed by atoms with Gasteiger partial charge in [-0.1, -0.05) is 13.8 Å². The van der Waals surface area contributed by atoms with Crippen molar-refractivity contribution in [3.63, 3.8) is 0 Å². The van der Waals surface area contributed by atoms with E-state index < -0.39 is 0 Å². The molecule has 2 rings (SSSR count). The maximum absolute atomic E-state index is 11.8. The number of pyridine rings is 1. The molecule has 1 saturated carbocycles. The van der Waals surface area contributed by atoms with Gasteiger partial charge in [0, 0.05) is 17.8 Å². The van der Waals surface area contributed by atoms with Crippen molar-refractivity contribution in [2.75, 3.05) is 5.43 Å². The third-order valence-electron chi connectivity index (χ3n) is 2.99. The van der Waals surface area contributed by atoms with Crippen molar-refractivity contribution in [1.29, 1.82) is 0 Å². The highest BCUT2D eigenvalue weighted by molar-refractivity contribution is 5.95. The number of nitrogens with two attached hydrogens (primary N) is 1. The second-order valence-corrected chi connectivity index (χ2v) is 4.79. The molecule has 5 heteroatoms. The number of carbonyl (C=O) groups is 1. The van der Waals surface area contributed by atoms with Crippen LogP contribution < -0.4 is 16.6 Å². The lowest BCUT2D eigenvalue weighted by Crippen LogP contribution is -2.28. The summed E-state index contributed by atoms with van der Waals surface area (Å²) in [5, 5.41) is 2.98. The lowest BCUT2D eigenvalue weighted by atomic mass is 10.2. The van der Waals surface area contributed by atoms with Crippen LogP contribution in [0.5, 0.6) is 0 Å². The lowest BCUT2D eigenvalue weighted by Gasteiger charge is -2.07. The second-order valence-electron chi connectivity index (χ2n) is 4.79. The van der Waals surface area contributed by atoms with Crippen molar-refractivity contribution in [2.45, 2.75) is 26.3 Å². The van der Waals surface area contributed by atoms with Crippen LogP contribution in [0, 0.1) is 5.41 Å². The Kier molecular flexibility index (Phi) is 2.55. The Morgan fingerprint density at radius 1 is 1.62 bits per heavy atom. The first-order valence-electron chi connectivity index (χ1n) is 5.26. The normalized spacial score (nSPS) is 21.3. The van der Waals surface area contributed by atoms with E-state index >= 15 is 0 Å². The van der Waals surface area contributed by atoms with Crippen LogP contribution in [0.15, 0.2) is 18.3 Å². The molecule has 0 aliphatic heterocycles. The minimum atomic E-state index is -0.0746. The number of aromatic nitrogens is 1. The maximum Gasteiger partial charge on any atom is 0.251 e. The van der Waals surface area contributed by atoms with Gasteiger partial charge in [-0.25, -0.2) is 10.8 Å². The van der Waals surface area contributed by atoms with Crippen LogP contribution in [-0.2, 0) is 0 Å². The van der Waals surface area contributed by atoms with Gasteiger partial charge >= 0.3 is 0 Å². The van der Waals surface area contributed by atoms with E-state index in [2.05, 4.69) is 29.6 Å². The molecule has 0 saturated heterocycles. The summed E-state index contributed by atoms with van der Waals surface area (Å²) in [6.45, 7) is 4.27. The summed E-state index contributed by atoms with van der Waals surface area (Å²) in [6.07, 6.45) is 2.59. The fourth-order valence-corrected chi connectivity index (χ4v) is 1.61. The van der Waals surface area contributed by atoms with Crippen molar-refractivity contribution in [1.82, 2.24) is 10.3 Å². The van der Waals surface area contributed by atoms with Crippen molar-refractivity contribution < 1.29 is 4.79 Å². The molecule has 0 spiro atoms. The number of nitrogen functional groups attached to an aromatic ring is 1. The summed E-state index contributed by atoms with van der Waals surface area (Å²) >= 11 is 0. The highest BCUT2D eigenvalue weighted by Crippen LogP contribution is 2.44. The third kappa shape index (κ3) is 2.14. The van der Waals surface area contributed by atoms with Gasteiger partial charge in [0.1, 0.15) is 5.82 Å². The van der Waals surface area contributed by atoms with E-state index in [1.165, 1.54) is 0 Å². The van der Waals surface area contributed by atoms with Crippen LogP contribution in [0.25, 0.3) is 0 Å². The average Bonchev–Trinajstić information content (AvgIpc) is 2.86. The zero-order valence-electron chi connectivity index (χ0n) is 9.45. The molecule has 1 aromatic heterocycles. The molecule has 1 atom stereocenters. The number of nitrogens with one attached hydrogen (secondary N) is 2. The predicted octanol–water partition coefficient (Wildman–Crippen LogP) is 0.895. The predicted molar refractivity (Wildman–Crippen MR) is 61.7 cm³/mol. The zero-order valence-corrected chi connectivity index (χ0v) is 9.45. The van der Waals surface area contributed by atoms with Gasteiger partial charge in [0.15, 0.2) is 0 Å². The highest BCUT2D eigenvalue weighted by Gasteiger charge is 2.46. The minimum absolute atomic E-state index is 0.0746. The van der Waals surface area contributed by atoms with E-state index in [1.54, 1.807) is 18.3 Å². The minimum Gasteiger partial charge on any atom is -0.349 e. The molecule has 1 aliphatic carbocycles. The summed E-state index contributed by atoms with van der Waals surface area (Å²) in [5.74, 6) is 5.65. The Labute approximate surface area is 94.4 Å². The maximum atomic E-state index is 11.8. The number of hydrazine groups is 1. The van der Waals surface area contributed by atoms with Gasteiger partial charge in [0.05, 0.1) is 0 Å². The molecule has 1 unspecified atom stereocenters. The average molecular weight is 220 g/mol. The van der Waals surface area contributed by atoms with Crippen LogP contribution >= 0.6 is 0 Å². The second kappa shape index (κ2) is 3.75. The molecule has 0 radical (unpaired) electrons. The molecular weight excluding hydrogens is 204 g/mol. The molecule has 1 fully saturated rings. The number of nitrogens with zero attached hydrogens (tertiary/aromatic N) is 1. The number of hydrogen-bond donors (Lipinski definition) is 3. The fraction of sp³-hybridized carbons (Fsp3) is 0.455. The zero-order chi connectivity index (χ0) is 11.8. The topological polar surface area (TPSA) is 80.0 Å². The quantitative estimate of drug-likeness (QED) is 0.522. The molecule has 16 heavy (non-hydrogen) atoms. The molecule has 4 N–H and O–H groups in total. The lowest BCUT2D eigenvalue weighted by molar-refractivity contribution is 0.0946. The third-order valence-corrected chi connectivity index (χ3v) is 2.99. The van der Waals surface area contributed by atoms with Gasteiger partial charge in [-0.2, -0.15) is 0 Å². The standard InChI is InChI=1S/C11H16N4O/c1-11(2)6-8(11)14-10(16)7-3-4-13-9(5-7)15-12/h3-5,8H,6,12H2,1-2H3,(H,13,15)(H,14,16). The van der Waals surface area contributed by atoms with Gasteiger partial charge in [-0.05, 0) is 24.0 Å². The van der Waals surface area contributed by atoms with E-state index in [9.17, 15) is 4.79 Å². The largest absolute Gasteiger partial charge is 0.349 e. The molecule has 5 nitrogen and oxygen atoms in total. The fourth-order valence-electron chi connectivity index (χ4n) is 1.61. The first-order valence-corrected chi connectivity index (χ1v) is 5.26. The van der Waals surface area contributed by atoms with Crippen LogP contribution in [0.4, 0.5) is 5.82 Å². The number of anilines is 1. The summed E-state index contributed by atoms with van der Waals surface area (Å²) in [7, 11) is 0. The van der Waals surface area contributed by atoms with Crippen LogP contribution in [-0.4, -0.2) is 16.9 Å². The van der Waals surface area contributed by atoms with Gasteiger partial charge < -0.3 is 10.7 Å². The number of amides is 1. The number of hydrogen-bond acceptors (Lipinski definition) is 4. The van der Waals surface area contributed by atoms with E-state index in [-0.39, 0.29) is 17.4 Å². The van der Waals surface area contributed by atoms with Gasteiger partial charge in [0.25, 0.3) is 5.91 Å². The molecular formula is C11H16N4O. The van der Waals surface area contributed by atoms with Gasteiger partial charge in [-0.3, -0.25) is 4.79 Å². The van der Waals surface area contributed by atoms with E-state index in [0.29, 0.717) is 11.4 Å². The monoisotopic (exact) mass is 220 g/mol. The van der Waals surface area contributed by atoms with Crippen LogP contribution in [0.1, 0.15) is 30.6 Å². The molecule has 1 amide bonds. The molecule has 0 bridgehead atoms. The number of rotatable bonds is 3. The molecule has 1 aromatic rings. The highest BCUT2D eigenvalue weighted by atomic mass is 16.1. The van der Waals surface area contributed by atoms with Crippen LogP contribution in [0.3, 0.4) is 0 Å². The number of carbonyl (C=O) groups excluding carboxylic acids is 1. The summed E-state index contributed by atoms with van der Waals surface area (Å²) in [6, 6.07) is 3.58. The first-order chi connectivity index (χ1) is 7.53. The molecule has 86 valence electrons. The van der Waals surface area contributed by atoms with Gasteiger partial charge in [0.2, 0.25) is 0 Å². The van der Waals surface area contributed by atoms with Crippen LogP contribution in [0.2, 0.25) is 0 Å². The van der Waals surface area contributed by atoms with Crippen molar-refractivity contribution in [3.8, 4) is 0 Å². The van der Waals surface area contributed by atoms with E-state index in [0.717, 1.165) is 6.42 Å². The Balaban J connectivity index is 2.04. The van der Waals surface area contributed by atoms with Crippen molar-refractivity contribution in [3.05, 3.63) is 23.9 Å². The summed E-state index contributed by atoms with van der Waals surface area (Å²) in [4.78, 5) is 15.8. The SMILES string of the molecule is CC1(C)CC1NC(=O)c1ccnc(NN)c1. The Hall–Kier alpha value is -1.62. The Morgan fingerprint density at radius 3 is 2.88 bits per heavy atom. The smallest absolute Gasteiger partial charge is 0.251 e. The van der Waals surface area contributed by atoms with E-state index in [1.807, 2.05) is 0 Å². The van der Waals surface area contributed by atoms with Crippen molar-refractivity contribution >= 4 is 11.7 Å².